The van der Waals surface area contributed by atoms with Crippen LogP contribution < -0.4 is 0 Å². The molecule has 3 rings (SSSR count). The normalized spacial score (nSPS) is 21.3. The van der Waals surface area contributed by atoms with Crippen LogP contribution in [0.1, 0.15) is 63.0 Å². The molecule has 0 nitrogen and oxygen atoms in total. The highest BCUT2D eigenvalue weighted by Crippen LogP contribution is 2.38. The van der Waals surface area contributed by atoms with Crippen molar-refractivity contribution in [2.75, 3.05) is 0 Å². The molecular weight excluding hydrogens is 321 g/mol. The first-order valence-corrected chi connectivity index (χ1v) is 9.16. The van der Waals surface area contributed by atoms with E-state index in [1.165, 1.54) is 49.8 Å². The van der Waals surface area contributed by atoms with Gasteiger partial charge < -0.3 is 0 Å². The van der Waals surface area contributed by atoms with Gasteiger partial charge in [-0.2, -0.15) is 0 Å². The zero-order chi connectivity index (χ0) is 18.0. The maximum atomic E-state index is 14.0. The number of alkyl halides is 2. The average molecular weight is 346 g/mol. The summed E-state index contributed by atoms with van der Waals surface area (Å²) in [6, 6.07) is 12.1. The predicted molar refractivity (Wildman–Crippen MR) is 96.4 cm³/mol. The second-order valence-electron chi connectivity index (χ2n) is 7.33. The first-order valence-electron chi connectivity index (χ1n) is 9.16. The van der Waals surface area contributed by atoms with E-state index in [9.17, 15) is 13.2 Å². The zero-order valence-electron chi connectivity index (χ0n) is 14.9. The number of benzene rings is 2. The fourth-order valence-electron chi connectivity index (χ4n) is 3.90. The van der Waals surface area contributed by atoms with Gasteiger partial charge in [0.05, 0.1) is 5.56 Å². The van der Waals surface area contributed by atoms with Crippen molar-refractivity contribution in [3.05, 3.63) is 59.4 Å². The Morgan fingerprint density at radius 2 is 1.52 bits per heavy atom. The van der Waals surface area contributed by atoms with Gasteiger partial charge in [-0.3, -0.25) is 0 Å². The topological polar surface area (TPSA) is 0 Å². The quantitative estimate of drug-likeness (QED) is 0.545. The standard InChI is InChI=1S/C22H25F3/c1-3-15-4-6-16(7-5-15)17-8-10-18(11-9-17)19-12-13-20(21(23)14-19)22(2,24)25/h8-16H,3-7H2,1-2H3/t15-,16-. The van der Waals surface area contributed by atoms with E-state index in [4.69, 9.17) is 0 Å². The molecule has 0 aliphatic heterocycles. The molecule has 0 saturated heterocycles. The second kappa shape index (κ2) is 7.23. The van der Waals surface area contributed by atoms with E-state index < -0.39 is 17.3 Å². The van der Waals surface area contributed by atoms with Crippen molar-refractivity contribution in [3.8, 4) is 11.1 Å². The Morgan fingerprint density at radius 1 is 0.920 bits per heavy atom. The Balaban J connectivity index is 1.76. The number of rotatable bonds is 4. The number of hydrogen-bond donors (Lipinski definition) is 0. The van der Waals surface area contributed by atoms with Gasteiger partial charge in [0, 0.05) is 6.92 Å². The molecule has 1 saturated carbocycles. The van der Waals surface area contributed by atoms with Crippen molar-refractivity contribution in [2.24, 2.45) is 5.92 Å². The molecule has 2 aromatic carbocycles. The van der Waals surface area contributed by atoms with Crippen LogP contribution in [0.15, 0.2) is 42.5 Å². The summed E-state index contributed by atoms with van der Waals surface area (Å²) in [7, 11) is 0. The summed E-state index contributed by atoms with van der Waals surface area (Å²) in [4.78, 5) is 0. The Kier molecular flexibility index (Phi) is 5.21. The predicted octanol–water partition coefficient (Wildman–Crippen LogP) is 7.29. The third-order valence-electron chi connectivity index (χ3n) is 5.58. The first kappa shape index (κ1) is 18.0. The molecule has 0 amide bonds. The maximum Gasteiger partial charge on any atom is 0.273 e. The molecule has 0 spiro atoms. The highest BCUT2D eigenvalue weighted by molar-refractivity contribution is 5.64. The van der Waals surface area contributed by atoms with Gasteiger partial charge >= 0.3 is 0 Å². The highest BCUT2D eigenvalue weighted by Gasteiger charge is 2.28. The monoisotopic (exact) mass is 346 g/mol. The summed E-state index contributed by atoms with van der Waals surface area (Å²) in [5.41, 5.74) is 2.26. The van der Waals surface area contributed by atoms with E-state index in [2.05, 4.69) is 19.1 Å². The molecule has 0 aromatic heterocycles. The van der Waals surface area contributed by atoms with Crippen LogP contribution in [0.25, 0.3) is 11.1 Å². The molecule has 0 bridgehead atoms. The van der Waals surface area contributed by atoms with Crippen molar-refractivity contribution in [1.29, 1.82) is 0 Å². The van der Waals surface area contributed by atoms with Gasteiger partial charge in [0.15, 0.2) is 0 Å². The maximum absolute atomic E-state index is 14.0. The summed E-state index contributed by atoms with van der Waals surface area (Å²) in [5.74, 6) is -2.54. The van der Waals surface area contributed by atoms with Gasteiger partial charge in [0.1, 0.15) is 5.82 Å². The van der Waals surface area contributed by atoms with E-state index in [1.807, 2.05) is 12.1 Å². The van der Waals surface area contributed by atoms with Crippen LogP contribution in [0, 0.1) is 11.7 Å². The van der Waals surface area contributed by atoms with Crippen LogP contribution in [0.3, 0.4) is 0 Å². The second-order valence-corrected chi connectivity index (χ2v) is 7.33. The van der Waals surface area contributed by atoms with Gasteiger partial charge in [0.2, 0.25) is 0 Å². The third-order valence-corrected chi connectivity index (χ3v) is 5.58. The molecule has 0 unspecified atom stereocenters. The molecule has 0 radical (unpaired) electrons. The van der Waals surface area contributed by atoms with Crippen LogP contribution in [-0.2, 0) is 5.92 Å². The van der Waals surface area contributed by atoms with Crippen LogP contribution in [-0.4, -0.2) is 0 Å². The average Bonchev–Trinajstić information content (AvgIpc) is 2.61. The van der Waals surface area contributed by atoms with Crippen molar-refractivity contribution >= 4 is 0 Å². The fourth-order valence-corrected chi connectivity index (χ4v) is 3.90. The molecule has 0 atom stereocenters. The molecule has 2 aromatic rings. The van der Waals surface area contributed by atoms with Gasteiger partial charge in [0.25, 0.3) is 5.92 Å². The van der Waals surface area contributed by atoms with E-state index in [-0.39, 0.29) is 0 Å². The van der Waals surface area contributed by atoms with Gasteiger partial charge in [-0.05, 0) is 66.3 Å². The molecule has 3 heteroatoms. The van der Waals surface area contributed by atoms with E-state index in [0.717, 1.165) is 11.5 Å². The minimum Gasteiger partial charge on any atom is -0.206 e. The third kappa shape index (κ3) is 4.08. The summed E-state index contributed by atoms with van der Waals surface area (Å²) in [6.07, 6.45) is 6.31. The molecule has 0 heterocycles. The lowest BCUT2D eigenvalue weighted by molar-refractivity contribution is 0.0138. The first-order chi connectivity index (χ1) is 11.9. The molecular formula is C22H25F3. The Labute approximate surface area is 148 Å². The van der Waals surface area contributed by atoms with E-state index >= 15 is 0 Å². The van der Waals surface area contributed by atoms with Gasteiger partial charge in [-0.1, -0.05) is 43.7 Å². The molecule has 0 N–H and O–H groups in total. The Morgan fingerprint density at radius 3 is 2.04 bits per heavy atom. The van der Waals surface area contributed by atoms with Crippen molar-refractivity contribution in [2.45, 2.75) is 57.8 Å². The fraction of sp³-hybridized carbons (Fsp3) is 0.455. The molecule has 1 fully saturated rings. The summed E-state index contributed by atoms with van der Waals surface area (Å²) < 4.78 is 40.6. The van der Waals surface area contributed by atoms with Crippen molar-refractivity contribution in [3.63, 3.8) is 0 Å². The largest absolute Gasteiger partial charge is 0.273 e. The lowest BCUT2D eigenvalue weighted by Crippen LogP contribution is -2.12. The Bertz CT molecular complexity index is 705. The lowest BCUT2D eigenvalue weighted by Gasteiger charge is -2.28. The summed E-state index contributed by atoms with van der Waals surface area (Å²) in [5, 5.41) is 0. The zero-order valence-corrected chi connectivity index (χ0v) is 14.9. The molecule has 25 heavy (non-hydrogen) atoms. The minimum atomic E-state index is -3.16. The van der Waals surface area contributed by atoms with Crippen LogP contribution >= 0.6 is 0 Å². The number of halogens is 3. The number of hydrogen-bond acceptors (Lipinski definition) is 0. The smallest absolute Gasteiger partial charge is 0.206 e. The van der Waals surface area contributed by atoms with Gasteiger partial charge in [-0.25, -0.2) is 13.2 Å². The van der Waals surface area contributed by atoms with Crippen LogP contribution in [0.5, 0.6) is 0 Å². The molecule has 134 valence electrons. The van der Waals surface area contributed by atoms with E-state index in [0.29, 0.717) is 18.4 Å². The van der Waals surface area contributed by atoms with Crippen LogP contribution in [0.2, 0.25) is 0 Å². The SMILES string of the molecule is CC[C@H]1CC[C@H](c2ccc(-c3ccc(C(C)(F)F)c(F)c3)cc2)CC1. The summed E-state index contributed by atoms with van der Waals surface area (Å²) in [6.45, 7) is 2.98. The molecule has 1 aliphatic carbocycles. The molecule has 1 aliphatic rings. The minimum absolute atomic E-state index is 0.555. The van der Waals surface area contributed by atoms with E-state index in [1.54, 1.807) is 6.07 Å². The van der Waals surface area contributed by atoms with Gasteiger partial charge in [-0.15, -0.1) is 0 Å². The highest BCUT2D eigenvalue weighted by atomic mass is 19.3. The van der Waals surface area contributed by atoms with Crippen molar-refractivity contribution in [1.82, 2.24) is 0 Å². The van der Waals surface area contributed by atoms with Crippen molar-refractivity contribution < 1.29 is 13.2 Å². The Hall–Kier alpha value is -1.77. The summed E-state index contributed by atoms with van der Waals surface area (Å²) >= 11 is 0. The lowest BCUT2D eigenvalue weighted by atomic mass is 9.77. The van der Waals surface area contributed by atoms with Crippen LogP contribution in [0.4, 0.5) is 13.2 Å².